The standard InChI is InChI=1S/2C8H10O.C6H7N.2CH4/c1-7-3-5-8(9-2)6-4-7;1-7-4-3-5-8(6-7)9-2;1-6-4-2-3-5-7-6;;/h2*3-6H,1-2H3;2-5H,1H3;2*1H4. The summed E-state index contributed by atoms with van der Waals surface area (Å²) in [6.07, 6.45) is 1.79. The second-order valence-electron chi connectivity index (χ2n) is 5.51. The van der Waals surface area contributed by atoms with Crippen LogP contribution < -0.4 is 9.47 Å². The molecule has 0 amide bonds. The third-order valence-corrected chi connectivity index (χ3v) is 3.29. The van der Waals surface area contributed by atoms with Gasteiger partial charge >= 0.3 is 0 Å². The maximum Gasteiger partial charge on any atom is 0.119 e. The Morgan fingerprint density at radius 1 is 0.630 bits per heavy atom. The minimum atomic E-state index is 0. The number of benzene rings is 2. The zero-order valence-electron chi connectivity index (χ0n) is 15.7. The average Bonchev–Trinajstić information content (AvgIpc) is 2.64. The lowest BCUT2D eigenvalue weighted by Crippen LogP contribution is -1.81. The highest BCUT2D eigenvalue weighted by Gasteiger charge is 1.87. The predicted octanol–water partition coefficient (Wildman–Crippen LogP) is 6.67. The number of pyridine rings is 1. The van der Waals surface area contributed by atoms with Crippen LogP contribution in [0.4, 0.5) is 0 Å². The Morgan fingerprint density at radius 2 is 1.26 bits per heavy atom. The van der Waals surface area contributed by atoms with E-state index >= 15 is 0 Å². The van der Waals surface area contributed by atoms with Gasteiger partial charge in [0.25, 0.3) is 0 Å². The number of methoxy groups -OCH3 is 2. The smallest absolute Gasteiger partial charge is 0.119 e. The molecule has 27 heavy (non-hydrogen) atoms. The zero-order chi connectivity index (χ0) is 18.5. The van der Waals surface area contributed by atoms with Gasteiger partial charge in [0.05, 0.1) is 14.2 Å². The molecule has 148 valence electrons. The molecule has 0 unspecified atom stereocenters. The van der Waals surface area contributed by atoms with Crippen LogP contribution in [0.2, 0.25) is 0 Å². The van der Waals surface area contributed by atoms with Crippen molar-refractivity contribution in [1.82, 2.24) is 4.98 Å². The highest BCUT2D eigenvalue weighted by Crippen LogP contribution is 2.10. The van der Waals surface area contributed by atoms with Gasteiger partial charge in [-0.25, -0.2) is 0 Å². The molecular weight excluding hydrogens is 334 g/mol. The van der Waals surface area contributed by atoms with Gasteiger partial charge in [0, 0.05) is 11.9 Å². The van der Waals surface area contributed by atoms with Crippen molar-refractivity contribution in [2.24, 2.45) is 0 Å². The molecule has 1 heterocycles. The molecular formula is C24H35NO2. The Hall–Kier alpha value is -2.81. The summed E-state index contributed by atoms with van der Waals surface area (Å²) in [6, 6.07) is 21.8. The van der Waals surface area contributed by atoms with Gasteiger partial charge in [-0.3, -0.25) is 4.98 Å². The molecule has 0 aliphatic carbocycles. The van der Waals surface area contributed by atoms with Crippen LogP contribution in [0.1, 0.15) is 31.7 Å². The van der Waals surface area contributed by atoms with Crippen molar-refractivity contribution in [3.8, 4) is 11.5 Å². The summed E-state index contributed by atoms with van der Waals surface area (Å²) in [5.41, 5.74) is 3.56. The Morgan fingerprint density at radius 3 is 1.63 bits per heavy atom. The Labute approximate surface area is 166 Å². The quantitative estimate of drug-likeness (QED) is 0.505. The zero-order valence-corrected chi connectivity index (χ0v) is 15.7. The molecule has 0 atom stereocenters. The van der Waals surface area contributed by atoms with Crippen LogP contribution in [0.15, 0.2) is 72.9 Å². The third-order valence-electron chi connectivity index (χ3n) is 3.29. The minimum Gasteiger partial charge on any atom is -0.497 e. The van der Waals surface area contributed by atoms with Gasteiger partial charge in [-0.05, 0) is 62.7 Å². The predicted molar refractivity (Wildman–Crippen MR) is 118 cm³/mol. The monoisotopic (exact) mass is 369 g/mol. The molecule has 1 aromatic heterocycles. The highest BCUT2D eigenvalue weighted by molar-refractivity contribution is 5.27. The molecule has 0 spiro atoms. The largest absolute Gasteiger partial charge is 0.497 e. The fourth-order valence-electron chi connectivity index (χ4n) is 1.86. The Balaban J connectivity index is 0. The molecule has 0 fully saturated rings. The minimum absolute atomic E-state index is 0. The summed E-state index contributed by atoms with van der Waals surface area (Å²) in [4.78, 5) is 3.98. The van der Waals surface area contributed by atoms with E-state index in [0.717, 1.165) is 17.2 Å². The van der Waals surface area contributed by atoms with Gasteiger partial charge in [-0.1, -0.05) is 50.7 Å². The topological polar surface area (TPSA) is 31.4 Å². The van der Waals surface area contributed by atoms with E-state index in [0.29, 0.717) is 0 Å². The first kappa shape index (κ1) is 26.4. The molecule has 0 radical (unpaired) electrons. The molecule has 0 bridgehead atoms. The number of hydrogen-bond donors (Lipinski definition) is 0. The number of nitrogens with zero attached hydrogens (tertiary/aromatic N) is 1. The first-order valence-electron chi connectivity index (χ1n) is 8.14. The van der Waals surface area contributed by atoms with Gasteiger partial charge in [-0.2, -0.15) is 0 Å². The van der Waals surface area contributed by atoms with Gasteiger partial charge in [0.1, 0.15) is 11.5 Å². The fourth-order valence-corrected chi connectivity index (χ4v) is 1.86. The molecule has 3 nitrogen and oxygen atoms in total. The van der Waals surface area contributed by atoms with E-state index in [1.165, 1.54) is 11.1 Å². The van der Waals surface area contributed by atoms with E-state index in [4.69, 9.17) is 9.47 Å². The van der Waals surface area contributed by atoms with Crippen LogP contribution in [0.5, 0.6) is 11.5 Å². The molecule has 0 saturated heterocycles. The van der Waals surface area contributed by atoms with Gasteiger partial charge in [0.2, 0.25) is 0 Å². The maximum absolute atomic E-state index is 5.00. The van der Waals surface area contributed by atoms with Gasteiger partial charge in [0.15, 0.2) is 0 Å². The Kier molecular flexibility index (Phi) is 15.1. The number of ether oxygens (including phenoxy) is 2. The molecule has 3 heteroatoms. The van der Waals surface area contributed by atoms with Crippen molar-refractivity contribution in [3.05, 3.63) is 89.7 Å². The van der Waals surface area contributed by atoms with Crippen molar-refractivity contribution < 1.29 is 9.47 Å². The van der Waals surface area contributed by atoms with Crippen molar-refractivity contribution in [2.45, 2.75) is 35.6 Å². The number of hydrogen-bond acceptors (Lipinski definition) is 3. The van der Waals surface area contributed by atoms with Crippen LogP contribution in [-0.4, -0.2) is 19.2 Å². The van der Waals surface area contributed by atoms with Crippen LogP contribution >= 0.6 is 0 Å². The first-order valence-corrected chi connectivity index (χ1v) is 8.14. The summed E-state index contributed by atoms with van der Waals surface area (Å²) >= 11 is 0. The van der Waals surface area contributed by atoms with E-state index in [-0.39, 0.29) is 14.9 Å². The fraction of sp³-hybridized carbons (Fsp3) is 0.292. The second kappa shape index (κ2) is 15.4. The van der Waals surface area contributed by atoms with Crippen LogP contribution in [0.3, 0.4) is 0 Å². The summed E-state index contributed by atoms with van der Waals surface area (Å²) < 4.78 is 9.96. The molecule has 0 aliphatic heterocycles. The van der Waals surface area contributed by atoms with Crippen molar-refractivity contribution in [2.75, 3.05) is 14.2 Å². The van der Waals surface area contributed by atoms with E-state index in [9.17, 15) is 0 Å². The van der Waals surface area contributed by atoms with Gasteiger partial charge < -0.3 is 9.47 Å². The van der Waals surface area contributed by atoms with Crippen molar-refractivity contribution in [1.29, 1.82) is 0 Å². The summed E-state index contributed by atoms with van der Waals surface area (Å²) in [5.74, 6) is 1.84. The number of rotatable bonds is 2. The SMILES string of the molecule is C.C.COc1ccc(C)cc1.COc1cccc(C)c1.Cc1ccccn1. The second-order valence-corrected chi connectivity index (χ2v) is 5.51. The number of aryl methyl sites for hydroxylation is 3. The Bertz CT molecular complexity index is 710. The lowest BCUT2D eigenvalue weighted by Gasteiger charge is -1.97. The summed E-state index contributed by atoms with van der Waals surface area (Å²) in [5, 5.41) is 0. The molecule has 3 rings (SSSR count). The maximum atomic E-state index is 5.00. The molecule has 3 aromatic rings. The molecule has 0 aliphatic rings. The average molecular weight is 370 g/mol. The highest BCUT2D eigenvalue weighted by atomic mass is 16.5. The van der Waals surface area contributed by atoms with Crippen LogP contribution in [-0.2, 0) is 0 Å². The summed E-state index contributed by atoms with van der Waals surface area (Å²) in [6.45, 7) is 6.07. The van der Waals surface area contributed by atoms with E-state index in [1.54, 1.807) is 20.4 Å². The summed E-state index contributed by atoms with van der Waals surface area (Å²) in [7, 11) is 3.35. The third kappa shape index (κ3) is 12.2. The van der Waals surface area contributed by atoms with Gasteiger partial charge in [-0.15, -0.1) is 0 Å². The normalized spacial score (nSPS) is 8.33. The molecule has 0 N–H and O–H groups in total. The number of aromatic nitrogens is 1. The van der Waals surface area contributed by atoms with Crippen LogP contribution in [0, 0.1) is 20.8 Å². The lowest BCUT2D eigenvalue weighted by atomic mass is 10.2. The first-order chi connectivity index (χ1) is 12.0. The lowest BCUT2D eigenvalue weighted by molar-refractivity contribution is 0.414. The van der Waals surface area contributed by atoms with Crippen LogP contribution in [0.25, 0.3) is 0 Å². The van der Waals surface area contributed by atoms with E-state index in [2.05, 4.69) is 11.9 Å². The van der Waals surface area contributed by atoms with Crippen molar-refractivity contribution >= 4 is 0 Å². The molecule has 2 aromatic carbocycles. The van der Waals surface area contributed by atoms with E-state index < -0.39 is 0 Å². The van der Waals surface area contributed by atoms with Crippen molar-refractivity contribution in [3.63, 3.8) is 0 Å². The molecule has 0 saturated carbocycles. The van der Waals surface area contributed by atoms with E-state index in [1.807, 2.05) is 80.6 Å².